The summed E-state index contributed by atoms with van der Waals surface area (Å²) in [5, 5.41) is 24.5. The van der Waals surface area contributed by atoms with Crippen molar-refractivity contribution in [3.8, 4) is 0 Å². The van der Waals surface area contributed by atoms with E-state index in [1.807, 2.05) is 60.8 Å². The van der Waals surface area contributed by atoms with Crippen LogP contribution in [0.5, 0.6) is 0 Å². The normalized spacial score (nSPS) is 23.6. The van der Waals surface area contributed by atoms with E-state index < -0.39 is 12.2 Å². The zero-order valence-corrected chi connectivity index (χ0v) is 13.1. The lowest BCUT2D eigenvalue weighted by molar-refractivity contribution is 0.00198. The molecule has 3 atom stereocenters. The first-order chi connectivity index (χ1) is 11.1. The average Bonchev–Trinajstić information content (AvgIpc) is 2.86. The summed E-state index contributed by atoms with van der Waals surface area (Å²) in [6, 6.07) is 11.1. The van der Waals surface area contributed by atoms with Gasteiger partial charge in [-0.25, -0.2) is 4.98 Å². The van der Waals surface area contributed by atoms with Crippen LogP contribution in [0, 0.1) is 13.8 Å². The van der Waals surface area contributed by atoms with Crippen molar-refractivity contribution in [2.75, 3.05) is 5.32 Å². The third-order valence-corrected chi connectivity index (χ3v) is 4.74. The van der Waals surface area contributed by atoms with E-state index in [0.29, 0.717) is 5.56 Å². The van der Waals surface area contributed by atoms with Gasteiger partial charge < -0.3 is 19.9 Å². The van der Waals surface area contributed by atoms with E-state index in [1.165, 1.54) is 0 Å². The molecule has 5 nitrogen and oxygen atoms in total. The van der Waals surface area contributed by atoms with Crippen LogP contribution < -0.4 is 5.32 Å². The number of nitrogens with zero attached hydrogens (tertiary/aromatic N) is 2. The third-order valence-electron chi connectivity index (χ3n) is 4.74. The second-order valence-corrected chi connectivity index (χ2v) is 6.09. The quantitative estimate of drug-likeness (QED) is 0.646. The Hall–Kier alpha value is -2.37. The van der Waals surface area contributed by atoms with Gasteiger partial charge in [0.15, 0.2) is 5.65 Å². The van der Waals surface area contributed by atoms with E-state index in [4.69, 9.17) is 0 Å². The largest absolute Gasteiger partial charge is 0.388 e. The monoisotopic (exact) mass is 309 g/mol. The molecular weight excluding hydrogens is 290 g/mol. The number of aliphatic hydroxyl groups is 2. The maximum absolute atomic E-state index is 10.6. The van der Waals surface area contributed by atoms with Crippen molar-refractivity contribution in [1.82, 2.24) is 9.38 Å². The minimum absolute atomic E-state index is 0.373. The number of anilines is 1. The molecule has 0 spiro atoms. The van der Waals surface area contributed by atoms with Gasteiger partial charge in [-0.2, -0.15) is 0 Å². The van der Waals surface area contributed by atoms with Crippen molar-refractivity contribution in [3.63, 3.8) is 0 Å². The Morgan fingerprint density at radius 2 is 1.83 bits per heavy atom. The summed E-state index contributed by atoms with van der Waals surface area (Å²) in [4.78, 5) is 4.62. The summed E-state index contributed by atoms with van der Waals surface area (Å²) in [6.45, 7) is 3.99. The van der Waals surface area contributed by atoms with Gasteiger partial charge in [0.1, 0.15) is 12.2 Å². The molecule has 118 valence electrons. The molecule has 3 N–H and O–H groups in total. The number of rotatable bonds is 1. The van der Waals surface area contributed by atoms with Gasteiger partial charge in [-0.3, -0.25) is 0 Å². The Kier molecular flexibility index (Phi) is 3.14. The first kappa shape index (κ1) is 14.2. The van der Waals surface area contributed by atoms with Crippen molar-refractivity contribution in [2.45, 2.75) is 32.1 Å². The van der Waals surface area contributed by atoms with Gasteiger partial charge in [0.25, 0.3) is 0 Å². The lowest BCUT2D eigenvalue weighted by Crippen LogP contribution is -2.36. The fourth-order valence-corrected chi connectivity index (χ4v) is 3.30. The third kappa shape index (κ3) is 2.04. The molecule has 0 radical (unpaired) electrons. The van der Waals surface area contributed by atoms with Gasteiger partial charge in [-0.15, -0.1) is 0 Å². The highest BCUT2D eigenvalue weighted by Gasteiger charge is 2.36. The lowest BCUT2D eigenvalue weighted by Gasteiger charge is -2.35. The minimum atomic E-state index is -0.946. The number of imidazole rings is 1. The predicted octanol–water partition coefficient (Wildman–Crippen LogP) is 2.51. The molecule has 0 bridgehead atoms. The molecule has 3 heterocycles. The molecule has 0 saturated heterocycles. The number of aliphatic hydroxyl groups excluding tert-OH is 2. The highest BCUT2D eigenvalue weighted by Crippen LogP contribution is 2.41. The SMILES string of the molecule is Cc1nc2c3c(ccn2c1C)[C@H](O)[C@H](O)[C@@H](c1ccccc1)N3. The zero-order valence-electron chi connectivity index (χ0n) is 13.1. The van der Waals surface area contributed by atoms with Crippen molar-refractivity contribution < 1.29 is 10.2 Å². The Labute approximate surface area is 134 Å². The second kappa shape index (κ2) is 5.08. The fourth-order valence-electron chi connectivity index (χ4n) is 3.30. The Balaban J connectivity index is 1.90. The van der Waals surface area contributed by atoms with Crippen LogP contribution in [0.3, 0.4) is 0 Å². The maximum Gasteiger partial charge on any atom is 0.161 e. The molecule has 0 amide bonds. The summed E-state index contributed by atoms with van der Waals surface area (Å²) in [7, 11) is 0. The van der Waals surface area contributed by atoms with Crippen LogP contribution in [-0.2, 0) is 0 Å². The van der Waals surface area contributed by atoms with E-state index >= 15 is 0 Å². The number of pyridine rings is 1. The number of fused-ring (bicyclic) bond motifs is 3. The van der Waals surface area contributed by atoms with Crippen LogP contribution >= 0.6 is 0 Å². The lowest BCUT2D eigenvalue weighted by atomic mass is 9.89. The van der Waals surface area contributed by atoms with Gasteiger partial charge in [0, 0.05) is 17.5 Å². The van der Waals surface area contributed by atoms with Crippen LogP contribution in [0.4, 0.5) is 5.69 Å². The summed E-state index contributed by atoms with van der Waals surface area (Å²) >= 11 is 0. The number of aryl methyl sites for hydroxylation is 2. The van der Waals surface area contributed by atoms with Crippen LogP contribution in [0.2, 0.25) is 0 Å². The predicted molar refractivity (Wildman–Crippen MR) is 88.4 cm³/mol. The molecule has 0 saturated carbocycles. The van der Waals surface area contributed by atoms with Crippen LogP contribution in [0.25, 0.3) is 5.65 Å². The summed E-state index contributed by atoms with van der Waals surface area (Å²) < 4.78 is 2.01. The summed E-state index contributed by atoms with van der Waals surface area (Å²) in [5.74, 6) is 0. The number of aromatic nitrogens is 2. The van der Waals surface area contributed by atoms with E-state index in [1.54, 1.807) is 0 Å². The first-order valence-electron chi connectivity index (χ1n) is 7.73. The van der Waals surface area contributed by atoms with Crippen LogP contribution in [0.1, 0.15) is 34.7 Å². The van der Waals surface area contributed by atoms with Crippen molar-refractivity contribution in [1.29, 1.82) is 0 Å². The molecule has 1 aliphatic rings. The number of hydrogen-bond acceptors (Lipinski definition) is 4. The van der Waals surface area contributed by atoms with Crippen molar-refractivity contribution >= 4 is 11.3 Å². The fraction of sp³-hybridized carbons (Fsp3) is 0.278. The molecule has 1 aromatic carbocycles. The molecule has 0 fully saturated rings. The molecule has 3 aromatic rings. The van der Waals surface area contributed by atoms with E-state index in [0.717, 1.165) is 28.3 Å². The number of nitrogens with one attached hydrogen (secondary N) is 1. The van der Waals surface area contributed by atoms with Gasteiger partial charge in [-0.1, -0.05) is 30.3 Å². The van der Waals surface area contributed by atoms with Gasteiger partial charge in [0.05, 0.1) is 17.4 Å². The van der Waals surface area contributed by atoms with Gasteiger partial charge in [0.2, 0.25) is 0 Å². The Morgan fingerprint density at radius 3 is 2.57 bits per heavy atom. The maximum atomic E-state index is 10.6. The van der Waals surface area contributed by atoms with E-state index in [9.17, 15) is 10.2 Å². The Morgan fingerprint density at radius 1 is 1.09 bits per heavy atom. The average molecular weight is 309 g/mol. The van der Waals surface area contributed by atoms with E-state index in [-0.39, 0.29) is 6.04 Å². The standard InChI is InChI=1S/C18H19N3O2/c1-10-11(2)21-9-8-13-15(18(21)19-10)20-14(17(23)16(13)22)12-6-4-3-5-7-12/h3-9,14,16-17,20,22-23H,1-2H3/t14-,16+,17-/m1/s1. The molecule has 0 aliphatic carbocycles. The molecule has 0 unspecified atom stereocenters. The first-order valence-corrected chi connectivity index (χ1v) is 7.73. The van der Waals surface area contributed by atoms with Crippen molar-refractivity contribution in [3.05, 3.63) is 65.1 Å². The highest BCUT2D eigenvalue weighted by molar-refractivity contribution is 5.75. The number of hydrogen-bond donors (Lipinski definition) is 3. The molecule has 5 heteroatoms. The summed E-state index contributed by atoms with van der Waals surface area (Å²) in [6.07, 6.45) is 0.0347. The van der Waals surface area contributed by atoms with Crippen LogP contribution in [-0.4, -0.2) is 25.7 Å². The van der Waals surface area contributed by atoms with Crippen LogP contribution in [0.15, 0.2) is 42.6 Å². The van der Waals surface area contributed by atoms with E-state index in [2.05, 4.69) is 10.3 Å². The molecule has 23 heavy (non-hydrogen) atoms. The summed E-state index contributed by atoms with van der Waals surface area (Å²) in [5.41, 5.74) is 5.21. The topological polar surface area (TPSA) is 69.8 Å². The Bertz CT molecular complexity index is 873. The molecular formula is C18H19N3O2. The van der Waals surface area contributed by atoms with Crippen molar-refractivity contribution in [2.24, 2.45) is 0 Å². The molecule has 2 aromatic heterocycles. The molecule has 4 rings (SSSR count). The molecule has 1 aliphatic heterocycles. The zero-order chi connectivity index (χ0) is 16.1. The second-order valence-electron chi connectivity index (χ2n) is 6.09. The minimum Gasteiger partial charge on any atom is -0.388 e. The smallest absolute Gasteiger partial charge is 0.161 e. The highest BCUT2D eigenvalue weighted by atomic mass is 16.3. The van der Waals surface area contributed by atoms with Gasteiger partial charge >= 0.3 is 0 Å². The number of benzene rings is 1. The van der Waals surface area contributed by atoms with Gasteiger partial charge in [-0.05, 0) is 25.5 Å².